The van der Waals surface area contributed by atoms with Crippen LogP contribution in [0.3, 0.4) is 0 Å². The molecular weight excluding hydrogens is 388 g/mol. The normalized spacial score (nSPS) is 32.9. The quantitative estimate of drug-likeness (QED) is 0.463. The Hall–Kier alpha value is -2.14. The number of thioether (sulfide) groups is 1. The first-order chi connectivity index (χ1) is 13.1. The first kappa shape index (κ1) is 20.6. The van der Waals surface area contributed by atoms with Gasteiger partial charge in [0.2, 0.25) is 11.8 Å². The van der Waals surface area contributed by atoms with Crippen LogP contribution in [0.25, 0.3) is 0 Å². The molecule has 10 nitrogen and oxygen atoms in total. The van der Waals surface area contributed by atoms with E-state index in [1.807, 2.05) is 6.92 Å². The number of amides is 2. The van der Waals surface area contributed by atoms with Gasteiger partial charge in [-0.2, -0.15) is 0 Å². The van der Waals surface area contributed by atoms with Gasteiger partial charge in [-0.1, -0.05) is 6.92 Å². The van der Waals surface area contributed by atoms with E-state index >= 15 is 0 Å². The summed E-state index contributed by atoms with van der Waals surface area (Å²) in [5.41, 5.74) is -0.0580. The highest BCUT2D eigenvalue weighted by atomic mass is 32.2. The maximum absolute atomic E-state index is 12.4. The van der Waals surface area contributed by atoms with Gasteiger partial charge in [0.1, 0.15) is 11.7 Å². The molecule has 2 fully saturated rings. The summed E-state index contributed by atoms with van der Waals surface area (Å²) >= 11 is 1.29. The number of aliphatic carboxylic acids is 1. The van der Waals surface area contributed by atoms with Crippen molar-refractivity contribution in [3.05, 3.63) is 15.5 Å². The van der Waals surface area contributed by atoms with Crippen LogP contribution in [0.15, 0.2) is 15.9 Å². The monoisotopic (exact) mass is 412 g/mol. The Morgan fingerprint density at radius 2 is 2.00 bits per heavy atom. The topological polar surface area (TPSA) is 131 Å². The van der Waals surface area contributed by atoms with E-state index in [-0.39, 0.29) is 41.3 Å². The molecule has 3 aliphatic heterocycles. The lowest BCUT2D eigenvalue weighted by atomic mass is 9.79. The summed E-state index contributed by atoms with van der Waals surface area (Å²) in [6.07, 6.45) is -0.506. The van der Waals surface area contributed by atoms with Crippen LogP contribution in [0, 0.1) is 16.7 Å². The molecule has 3 rings (SSSR count). The van der Waals surface area contributed by atoms with Crippen molar-refractivity contribution in [3.8, 4) is 0 Å². The van der Waals surface area contributed by atoms with E-state index < -0.39 is 24.0 Å². The third kappa shape index (κ3) is 3.06. The standard InChI is InChI=1S/C17H24N4O6S/c1-7-12-11(8(2)22)16(24)21(12)13(17(25)26)14(7)28-9-5-10(15(23)19(3)4)20(6-9)18-27/h7-12,22H,5-6H2,1-4H3,(H,25,26)/t7-,8-,9+,10+,11+,12-/m1/s1. The highest BCUT2D eigenvalue weighted by Gasteiger charge is 2.60. The molecule has 2 N–H and O–H groups in total. The molecule has 0 unspecified atom stereocenters. The molecule has 0 aromatic carbocycles. The highest BCUT2D eigenvalue weighted by Crippen LogP contribution is 2.52. The number of aliphatic hydroxyl groups excluding tert-OH is 1. The van der Waals surface area contributed by atoms with Crippen molar-refractivity contribution >= 4 is 29.5 Å². The van der Waals surface area contributed by atoms with E-state index in [1.54, 1.807) is 14.1 Å². The fourth-order valence-corrected chi connectivity index (χ4v) is 5.86. The van der Waals surface area contributed by atoms with Crippen LogP contribution in [0.2, 0.25) is 0 Å². The fraction of sp³-hybridized carbons (Fsp3) is 0.706. The van der Waals surface area contributed by atoms with E-state index in [2.05, 4.69) is 5.29 Å². The van der Waals surface area contributed by atoms with E-state index in [1.165, 1.54) is 33.5 Å². The second kappa shape index (κ2) is 7.36. The number of β-lactam (4-membered cyclic amide) rings is 1. The van der Waals surface area contributed by atoms with E-state index in [0.29, 0.717) is 11.3 Å². The number of hydrogen-bond donors (Lipinski definition) is 2. The third-order valence-electron chi connectivity index (χ3n) is 5.67. The van der Waals surface area contributed by atoms with Crippen LogP contribution in [-0.2, 0) is 14.4 Å². The minimum atomic E-state index is -1.20. The minimum absolute atomic E-state index is 0.0580. The molecule has 154 valence electrons. The number of fused-ring (bicyclic) bond motifs is 1. The number of aliphatic hydroxyl groups is 1. The molecule has 0 radical (unpaired) electrons. The predicted molar refractivity (Wildman–Crippen MR) is 101 cm³/mol. The molecule has 3 heterocycles. The van der Waals surface area contributed by atoms with Gasteiger partial charge in [0.25, 0.3) is 0 Å². The van der Waals surface area contributed by atoms with Crippen molar-refractivity contribution in [1.29, 1.82) is 0 Å². The highest BCUT2D eigenvalue weighted by molar-refractivity contribution is 8.03. The SMILES string of the molecule is C[C@@H](O)[C@@H]1C(=O)N2C(C(=O)O)=C(S[C@H]3C[C@@H](C(=O)N(C)C)N(N=O)C3)[C@H](C)[C@H]12. The number of nitroso groups, excluding NO2 is 1. The Kier molecular flexibility index (Phi) is 5.41. The summed E-state index contributed by atoms with van der Waals surface area (Å²) in [4.78, 5) is 50.9. The van der Waals surface area contributed by atoms with E-state index in [0.717, 1.165) is 0 Å². The summed E-state index contributed by atoms with van der Waals surface area (Å²) in [6.45, 7) is 3.59. The van der Waals surface area contributed by atoms with Crippen molar-refractivity contribution < 1.29 is 24.6 Å². The number of carboxylic acid groups (broad SMARTS) is 1. The number of carbonyl (C=O) groups excluding carboxylic acids is 2. The molecular formula is C17H24N4O6S. The van der Waals surface area contributed by atoms with Crippen LogP contribution in [0.1, 0.15) is 20.3 Å². The smallest absolute Gasteiger partial charge is 0.353 e. The second-order valence-corrected chi connectivity index (χ2v) is 9.04. The van der Waals surface area contributed by atoms with Gasteiger partial charge in [0.15, 0.2) is 0 Å². The van der Waals surface area contributed by atoms with Crippen LogP contribution >= 0.6 is 11.8 Å². The van der Waals surface area contributed by atoms with Gasteiger partial charge in [0, 0.05) is 30.2 Å². The number of likely N-dealkylation sites (N-methyl/N-ethyl adjacent to an activating group) is 1. The van der Waals surface area contributed by atoms with Crippen molar-refractivity contribution in [2.75, 3.05) is 20.6 Å². The average Bonchev–Trinajstić information content (AvgIpc) is 3.12. The lowest BCUT2D eigenvalue weighted by molar-refractivity contribution is -0.163. The number of carbonyl (C=O) groups is 3. The lowest BCUT2D eigenvalue weighted by Gasteiger charge is -2.46. The van der Waals surface area contributed by atoms with Crippen molar-refractivity contribution in [2.45, 2.75) is 43.7 Å². The predicted octanol–water partition coefficient (Wildman–Crippen LogP) is 0.0858. The lowest BCUT2D eigenvalue weighted by Crippen LogP contribution is -2.63. The molecule has 0 aliphatic carbocycles. The molecule has 0 bridgehead atoms. The summed E-state index contributed by atoms with van der Waals surface area (Å²) in [6, 6.07) is -1.07. The Balaban J connectivity index is 1.84. The maximum Gasteiger partial charge on any atom is 0.353 e. The molecule has 0 spiro atoms. The van der Waals surface area contributed by atoms with Crippen LogP contribution in [-0.4, -0.2) is 86.9 Å². The molecule has 0 saturated carbocycles. The van der Waals surface area contributed by atoms with Crippen LogP contribution in [0.5, 0.6) is 0 Å². The number of nitrogens with zero attached hydrogens (tertiary/aromatic N) is 4. The van der Waals surface area contributed by atoms with Crippen LogP contribution < -0.4 is 0 Å². The van der Waals surface area contributed by atoms with Crippen molar-refractivity contribution in [1.82, 2.24) is 14.8 Å². The molecule has 2 saturated heterocycles. The summed E-state index contributed by atoms with van der Waals surface area (Å²) < 4.78 is 0. The Bertz CT molecular complexity index is 754. The Morgan fingerprint density at radius 3 is 2.50 bits per heavy atom. The molecule has 6 atom stereocenters. The van der Waals surface area contributed by atoms with Crippen LogP contribution in [0.4, 0.5) is 0 Å². The number of rotatable bonds is 6. The third-order valence-corrected chi connectivity index (χ3v) is 7.17. The molecule has 0 aromatic rings. The Morgan fingerprint density at radius 1 is 1.36 bits per heavy atom. The molecule has 2 amide bonds. The molecule has 11 heteroatoms. The first-order valence-corrected chi connectivity index (χ1v) is 9.94. The Labute approximate surface area is 166 Å². The van der Waals surface area contributed by atoms with E-state index in [4.69, 9.17) is 0 Å². The van der Waals surface area contributed by atoms with Gasteiger partial charge in [-0.25, -0.2) is 9.80 Å². The van der Waals surface area contributed by atoms with Gasteiger partial charge in [-0.15, -0.1) is 16.7 Å². The zero-order valence-electron chi connectivity index (χ0n) is 16.1. The summed E-state index contributed by atoms with van der Waals surface area (Å²) in [5.74, 6) is -2.69. The number of carboxylic acids is 1. The molecule has 0 aromatic heterocycles. The zero-order chi connectivity index (χ0) is 20.9. The van der Waals surface area contributed by atoms with Crippen molar-refractivity contribution in [2.24, 2.45) is 17.1 Å². The second-order valence-electron chi connectivity index (χ2n) is 7.70. The fourth-order valence-electron chi connectivity index (χ4n) is 4.34. The van der Waals surface area contributed by atoms with Gasteiger partial charge >= 0.3 is 5.97 Å². The summed E-state index contributed by atoms with van der Waals surface area (Å²) in [5, 5.41) is 23.5. The summed E-state index contributed by atoms with van der Waals surface area (Å²) in [7, 11) is 3.20. The molecule has 3 aliphatic rings. The molecule has 28 heavy (non-hydrogen) atoms. The maximum atomic E-state index is 12.4. The first-order valence-electron chi connectivity index (χ1n) is 9.06. The van der Waals surface area contributed by atoms with Crippen molar-refractivity contribution in [3.63, 3.8) is 0 Å². The van der Waals surface area contributed by atoms with Gasteiger partial charge in [-0.05, 0) is 13.3 Å². The average molecular weight is 412 g/mol. The number of hydrogen-bond acceptors (Lipinski definition) is 7. The van der Waals surface area contributed by atoms with E-state index in [9.17, 15) is 29.5 Å². The van der Waals surface area contributed by atoms with Gasteiger partial charge < -0.3 is 20.0 Å². The largest absolute Gasteiger partial charge is 0.477 e. The minimum Gasteiger partial charge on any atom is -0.477 e. The zero-order valence-corrected chi connectivity index (χ0v) is 16.9. The van der Waals surface area contributed by atoms with Gasteiger partial charge in [0.05, 0.1) is 29.9 Å². The van der Waals surface area contributed by atoms with Gasteiger partial charge in [-0.3, -0.25) is 9.59 Å².